The molecule has 10 heteroatoms. The molecule has 1 unspecified atom stereocenters. The maximum atomic E-state index is 11.4. The SMILES string of the molecule is C=C(C)C(=O)OCCOCCNC(=O)OCCCC1NC(=S)NC1=O. The molecule has 1 atom stereocenters. The van der Waals surface area contributed by atoms with Gasteiger partial charge in [0.2, 0.25) is 5.91 Å². The molecule has 1 rings (SSSR count). The van der Waals surface area contributed by atoms with E-state index in [1.165, 1.54) is 0 Å². The molecule has 1 aliphatic rings. The number of amides is 2. The lowest BCUT2D eigenvalue weighted by atomic mass is 10.2. The van der Waals surface area contributed by atoms with Gasteiger partial charge in [-0.25, -0.2) is 9.59 Å². The Labute approximate surface area is 151 Å². The molecule has 0 spiro atoms. The van der Waals surface area contributed by atoms with Crippen molar-refractivity contribution in [3.63, 3.8) is 0 Å². The molecule has 0 aromatic carbocycles. The van der Waals surface area contributed by atoms with Gasteiger partial charge in [0, 0.05) is 12.1 Å². The number of thiocarbonyl (C=S) groups is 1. The highest BCUT2D eigenvalue weighted by Crippen LogP contribution is 2.02. The largest absolute Gasteiger partial charge is 0.460 e. The third-order valence-electron chi connectivity index (χ3n) is 3.05. The van der Waals surface area contributed by atoms with Crippen molar-refractivity contribution in [2.75, 3.05) is 33.0 Å². The first-order chi connectivity index (χ1) is 11.9. The van der Waals surface area contributed by atoms with Gasteiger partial charge in [-0.1, -0.05) is 6.58 Å². The van der Waals surface area contributed by atoms with E-state index < -0.39 is 12.1 Å². The van der Waals surface area contributed by atoms with Crippen LogP contribution in [0.15, 0.2) is 12.2 Å². The quantitative estimate of drug-likeness (QED) is 0.201. The van der Waals surface area contributed by atoms with Gasteiger partial charge in [0.15, 0.2) is 5.11 Å². The second-order valence-corrected chi connectivity index (χ2v) is 5.66. The van der Waals surface area contributed by atoms with E-state index in [-0.39, 0.29) is 44.9 Å². The second kappa shape index (κ2) is 11.4. The van der Waals surface area contributed by atoms with Gasteiger partial charge >= 0.3 is 12.1 Å². The van der Waals surface area contributed by atoms with Crippen LogP contribution in [-0.4, -0.2) is 62.1 Å². The molecule has 2 amide bonds. The molecule has 140 valence electrons. The summed E-state index contributed by atoms with van der Waals surface area (Å²) in [5.74, 6) is -0.627. The predicted octanol–water partition coefficient (Wildman–Crippen LogP) is 0.00160. The van der Waals surface area contributed by atoms with Crippen LogP contribution in [-0.2, 0) is 23.8 Å². The van der Waals surface area contributed by atoms with Gasteiger partial charge in [0.05, 0.1) is 19.8 Å². The number of nitrogens with one attached hydrogen (secondary N) is 3. The Morgan fingerprint density at radius 3 is 2.64 bits per heavy atom. The average molecular weight is 373 g/mol. The average Bonchev–Trinajstić information content (AvgIpc) is 2.87. The van der Waals surface area contributed by atoms with Crippen molar-refractivity contribution in [1.29, 1.82) is 0 Å². The zero-order chi connectivity index (χ0) is 18.7. The van der Waals surface area contributed by atoms with Crippen molar-refractivity contribution < 1.29 is 28.6 Å². The standard InChI is InChI=1S/C15H23N3O6S/c1-10(2)13(20)23-9-8-22-7-5-16-15(21)24-6-3-4-11-12(19)18-14(25)17-11/h11H,1,3-9H2,2H3,(H,16,21)(H2,17,18,19,25). The first-order valence-electron chi connectivity index (χ1n) is 7.82. The van der Waals surface area contributed by atoms with Gasteiger partial charge in [-0.2, -0.15) is 0 Å². The maximum absolute atomic E-state index is 11.4. The summed E-state index contributed by atoms with van der Waals surface area (Å²) in [5, 5.41) is 8.16. The topological polar surface area (TPSA) is 115 Å². The minimum Gasteiger partial charge on any atom is -0.460 e. The summed E-state index contributed by atoms with van der Waals surface area (Å²) in [5.41, 5.74) is 0.330. The molecule has 3 N–H and O–H groups in total. The van der Waals surface area contributed by atoms with Crippen molar-refractivity contribution >= 4 is 35.3 Å². The van der Waals surface area contributed by atoms with E-state index in [0.717, 1.165) is 0 Å². The number of carbonyl (C=O) groups excluding carboxylic acids is 3. The fourth-order valence-electron chi connectivity index (χ4n) is 1.81. The van der Waals surface area contributed by atoms with E-state index in [1.54, 1.807) is 6.92 Å². The van der Waals surface area contributed by atoms with Crippen molar-refractivity contribution in [3.05, 3.63) is 12.2 Å². The van der Waals surface area contributed by atoms with Crippen LogP contribution < -0.4 is 16.0 Å². The normalized spacial score (nSPS) is 16.0. The molecule has 25 heavy (non-hydrogen) atoms. The van der Waals surface area contributed by atoms with E-state index in [9.17, 15) is 14.4 Å². The first-order valence-corrected chi connectivity index (χ1v) is 8.23. The van der Waals surface area contributed by atoms with Gasteiger partial charge in [0.1, 0.15) is 12.6 Å². The van der Waals surface area contributed by atoms with Crippen LogP contribution in [0.25, 0.3) is 0 Å². The fourth-order valence-corrected chi connectivity index (χ4v) is 2.05. The Bertz CT molecular complexity index is 525. The summed E-state index contributed by atoms with van der Waals surface area (Å²) in [6.45, 7) is 6.11. The highest BCUT2D eigenvalue weighted by molar-refractivity contribution is 7.80. The number of esters is 1. The van der Waals surface area contributed by atoms with Crippen LogP contribution >= 0.6 is 12.2 Å². The highest BCUT2D eigenvalue weighted by atomic mass is 32.1. The van der Waals surface area contributed by atoms with Gasteiger partial charge in [-0.3, -0.25) is 4.79 Å². The monoisotopic (exact) mass is 373 g/mol. The highest BCUT2D eigenvalue weighted by Gasteiger charge is 2.26. The Morgan fingerprint density at radius 2 is 2.00 bits per heavy atom. The Morgan fingerprint density at radius 1 is 1.24 bits per heavy atom. The minimum absolute atomic E-state index is 0.127. The van der Waals surface area contributed by atoms with Crippen LogP contribution in [0, 0.1) is 0 Å². The van der Waals surface area contributed by atoms with Crippen LogP contribution in [0.5, 0.6) is 0 Å². The predicted molar refractivity (Wildman–Crippen MR) is 92.8 cm³/mol. The molecule has 9 nitrogen and oxygen atoms in total. The molecule has 1 saturated heterocycles. The number of hydrogen-bond acceptors (Lipinski definition) is 7. The number of carbonyl (C=O) groups is 3. The van der Waals surface area contributed by atoms with Gasteiger partial charge in [0.25, 0.3) is 0 Å². The van der Waals surface area contributed by atoms with Crippen molar-refractivity contribution in [2.45, 2.75) is 25.8 Å². The molecular weight excluding hydrogens is 350 g/mol. The lowest BCUT2D eigenvalue weighted by Gasteiger charge is -2.09. The summed E-state index contributed by atoms with van der Waals surface area (Å²) in [7, 11) is 0. The third-order valence-corrected chi connectivity index (χ3v) is 3.27. The molecule has 1 heterocycles. The smallest absolute Gasteiger partial charge is 0.407 e. The third kappa shape index (κ3) is 9.01. The van der Waals surface area contributed by atoms with Crippen molar-refractivity contribution in [3.8, 4) is 0 Å². The zero-order valence-corrected chi connectivity index (χ0v) is 14.9. The molecule has 0 bridgehead atoms. The summed E-state index contributed by atoms with van der Waals surface area (Å²) in [4.78, 5) is 33.9. The Balaban J connectivity index is 1.92. The van der Waals surface area contributed by atoms with E-state index in [2.05, 4.69) is 22.5 Å². The van der Waals surface area contributed by atoms with Crippen molar-refractivity contribution in [2.24, 2.45) is 0 Å². The lowest BCUT2D eigenvalue weighted by molar-refractivity contribution is -0.140. The number of ether oxygens (including phenoxy) is 3. The summed E-state index contributed by atoms with van der Waals surface area (Å²) in [6.07, 6.45) is 0.494. The molecular formula is C15H23N3O6S. The summed E-state index contributed by atoms with van der Waals surface area (Å²) < 4.78 is 15.0. The Kier molecular flexibility index (Phi) is 9.48. The number of alkyl carbamates (subject to hydrolysis) is 1. The Hall–Kier alpha value is -2.20. The maximum Gasteiger partial charge on any atom is 0.407 e. The summed E-state index contributed by atoms with van der Waals surface area (Å²) in [6, 6.07) is -0.369. The van der Waals surface area contributed by atoms with Crippen LogP contribution in [0.1, 0.15) is 19.8 Å². The minimum atomic E-state index is -0.559. The molecule has 0 radical (unpaired) electrons. The van der Waals surface area contributed by atoms with Crippen LogP contribution in [0.3, 0.4) is 0 Å². The number of rotatable bonds is 11. The zero-order valence-electron chi connectivity index (χ0n) is 14.1. The molecule has 0 aromatic heterocycles. The summed E-state index contributed by atoms with van der Waals surface area (Å²) >= 11 is 4.82. The lowest BCUT2D eigenvalue weighted by Crippen LogP contribution is -2.30. The molecule has 1 aliphatic heterocycles. The van der Waals surface area contributed by atoms with E-state index in [4.69, 9.17) is 26.4 Å². The molecule has 1 fully saturated rings. The second-order valence-electron chi connectivity index (χ2n) is 5.25. The van der Waals surface area contributed by atoms with Crippen LogP contribution in [0.2, 0.25) is 0 Å². The molecule has 0 aromatic rings. The first kappa shape index (κ1) is 20.8. The van der Waals surface area contributed by atoms with Gasteiger partial charge < -0.3 is 30.2 Å². The fraction of sp³-hybridized carbons (Fsp3) is 0.600. The molecule has 0 aliphatic carbocycles. The van der Waals surface area contributed by atoms with E-state index in [1.807, 2.05) is 0 Å². The van der Waals surface area contributed by atoms with Gasteiger partial charge in [-0.15, -0.1) is 0 Å². The van der Waals surface area contributed by atoms with E-state index in [0.29, 0.717) is 23.5 Å². The van der Waals surface area contributed by atoms with Crippen molar-refractivity contribution in [1.82, 2.24) is 16.0 Å². The van der Waals surface area contributed by atoms with E-state index >= 15 is 0 Å². The number of hydrogen-bond donors (Lipinski definition) is 3. The van der Waals surface area contributed by atoms with Gasteiger partial charge in [-0.05, 0) is 32.0 Å². The molecule has 0 saturated carbocycles. The van der Waals surface area contributed by atoms with Crippen LogP contribution in [0.4, 0.5) is 4.79 Å².